The summed E-state index contributed by atoms with van der Waals surface area (Å²) in [6.07, 6.45) is 0. The molecule has 0 amide bonds. The van der Waals surface area contributed by atoms with E-state index in [1.54, 1.807) is 0 Å². The molecule has 0 spiro atoms. The van der Waals surface area contributed by atoms with E-state index in [1.165, 1.54) is 30.3 Å². The van der Waals surface area contributed by atoms with Gasteiger partial charge < -0.3 is 10.8 Å². The molecule has 0 fully saturated rings. The molecule has 48 heavy (non-hydrogen) atoms. The summed E-state index contributed by atoms with van der Waals surface area (Å²) in [5, 5.41) is 26.3. The van der Waals surface area contributed by atoms with E-state index in [1.807, 2.05) is 0 Å². The highest BCUT2D eigenvalue weighted by Gasteiger charge is 2.25. The average molecular weight is 738 g/mol. The molecule has 22 heteroatoms. The topological polar surface area (TPSA) is 313 Å². The van der Waals surface area contributed by atoms with Crippen molar-refractivity contribution in [1.82, 2.24) is 0 Å². The summed E-state index contributed by atoms with van der Waals surface area (Å²) in [6.45, 7) is 0. The largest absolute Gasteiger partial charge is 0.505 e. The highest BCUT2D eigenvalue weighted by Crippen LogP contribution is 2.44. The minimum Gasteiger partial charge on any atom is -0.505 e. The maximum Gasteiger partial charge on any atom is 0.296 e. The summed E-state index contributed by atoms with van der Waals surface area (Å²) in [4.78, 5) is -2.81. The van der Waals surface area contributed by atoms with E-state index in [-0.39, 0.29) is 43.5 Å². The third-order valence-electron chi connectivity index (χ3n) is 6.64. The van der Waals surface area contributed by atoms with Gasteiger partial charge in [-0.2, -0.15) is 38.8 Å². The third kappa shape index (κ3) is 6.99. The number of aromatic hydroxyl groups is 1. The zero-order chi connectivity index (χ0) is 35.4. The van der Waals surface area contributed by atoms with Gasteiger partial charge in [-0.25, -0.2) is 0 Å². The second kappa shape index (κ2) is 11.9. The Hall–Kier alpha value is -4.94. The van der Waals surface area contributed by atoms with Crippen molar-refractivity contribution in [3.8, 4) is 5.75 Å². The van der Waals surface area contributed by atoms with Gasteiger partial charge >= 0.3 is 0 Å². The highest BCUT2D eigenvalue weighted by atomic mass is 32.2. The lowest BCUT2D eigenvalue weighted by Crippen LogP contribution is -2.04. The quantitative estimate of drug-likeness (QED) is 0.0686. The van der Waals surface area contributed by atoms with Crippen molar-refractivity contribution in [2.45, 2.75) is 19.6 Å². The van der Waals surface area contributed by atoms with E-state index in [2.05, 4.69) is 20.5 Å². The molecule has 0 saturated heterocycles. The average Bonchev–Trinajstić information content (AvgIpc) is 2.97. The van der Waals surface area contributed by atoms with Crippen molar-refractivity contribution in [1.29, 1.82) is 0 Å². The molecule has 0 unspecified atom stereocenters. The van der Waals surface area contributed by atoms with Crippen LogP contribution < -0.4 is 5.73 Å². The van der Waals surface area contributed by atoms with Crippen LogP contribution in [0.3, 0.4) is 0 Å². The van der Waals surface area contributed by atoms with Crippen LogP contribution in [0, 0.1) is 0 Å². The minimum atomic E-state index is -5.17. The van der Waals surface area contributed by atoms with Crippen LogP contribution in [0.2, 0.25) is 0 Å². The number of benzene rings is 5. The Bertz CT molecular complexity index is 2680. The van der Waals surface area contributed by atoms with Gasteiger partial charge in [0.25, 0.3) is 40.5 Å². The molecule has 5 rings (SSSR count). The number of azo groups is 2. The summed E-state index contributed by atoms with van der Waals surface area (Å²) < 4.78 is 132. The van der Waals surface area contributed by atoms with Crippen LogP contribution in [0.5, 0.6) is 5.75 Å². The van der Waals surface area contributed by atoms with Crippen LogP contribution >= 0.6 is 0 Å². The summed E-state index contributed by atoms with van der Waals surface area (Å²) in [5.74, 6) is -0.925. The van der Waals surface area contributed by atoms with Crippen LogP contribution in [0.25, 0.3) is 21.5 Å². The third-order valence-corrected chi connectivity index (χ3v) is 10.1. The number of anilines is 1. The summed E-state index contributed by atoms with van der Waals surface area (Å²) in [7, 11) is -19.3. The van der Waals surface area contributed by atoms with Gasteiger partial charge in [-0.1, -0.05) is 6.07 Å². The number of nitrogens with two attached hydrogens (primary N) is 1. The first-order chi connectivity index (χ1) is 22.1. The molecule has 0 radical (unpaired) electrons. The molecule has 5 aromatic carbocycles. The smallest absolute Gasteiger partial charge is 0.296 e. The molecule has 0 bridgehead atoms. The van der Waals surface area contributed by atoms with E-state index in [4.69, 9.17) is 10.3 Å². The van der Waals surface area contributed by atoms with Crippen LogP contribution in [0.4, 0.5) is 28.4 Å². The zero-order valence-corrected chi connectivity index (χ0v) is 26.7. The van der Waals surface area contributed by atoms with Crippen LogP contribution in [0.1, 0.15) is 0 Å². The van der Waals surface area contributed by atoms with Crippen molar-refractivity contribution in [3.05, 3.63) is 72.8 Å². The number of hydrogen-bond donors (Lipinski definition) is 6. The molecule has 0 heterocycles. The molecular formula is C26H19N5O13S4. The molecule has 7 N–H and O–H groups in total. The maximum atomic E-state index is 12.3. The molecule has 0 aromatic heterocycles. The molecule has 18 nitrogen and oxygen atoms in total. The van der Waals surface area contributed by atoms with E-state index in [0.29, 0.717) is 0 Å². The highest BCUT2D eigenvalue weighted by molar-refractivity contribution is 7.86. The first-order valence-electron chi connectivity index (χ1n) is 12.6. The van der Waals surface area contributed by atoms with E-state index in [9.17, 15) is 52.4 Å². The zero-order valence-electron chi connectivity index (χ0n) is 23.4. The van der Waals surface area contributed by atoms with Crippen LogP contribution in [-0.2, 0) is 40.5 Å². The van der Waals surface area contributed by atoms with E-state index >= 15 is 0 Å². The number of nitrogen functional groups attached to an aromatic ring is 1. The molecular weight excluding hydrogens is 719 g/mol. The lowest BCUT2D eigenvalue weighted by Gasteiger charge is -2.11. The lowest BCUT2D eigenvalue weighted by molar-refractivity contribution is 0.472. The van der Waals surface area contributed by atoms with Crippen molar-refractivity contribution in [3.63, 3.8) is 0 Å². The first-order valence-corrected chi connectivity index (χ1v) is 18.4. The summed E-state index contributed by atoms with van der Waals surface area (Å²) in [6, 6.07) is 12.9. The Morgan fingerprint density at radius 2 is 1.02 bits per heavy atom. The van der Waals surface area contributed by atoms with Gasteiger partial charge in [0.2, 0.25) is 0 Å². The Balaban J connectivity index is 1.68. The van der Waals surface area contributed by atoms with Gasteiger partial charge in [0.05, 0.1) is 32.5 Å². The monoisotopic (exact) mass is 737 g/mol. The van der Waals surface area contributed by atoms with E-state index in [0.717, 1.165) is 42.5 Å². The number of nitrogens with zero attached hydrogens (tertiary/aromatic N) is 4. The normalized spacial score (nSPS) is 13.2. The summed E-state index contributed by atoms with van der Waals surface area (Å²) >= 11 is 0. The number of phenols is 1. The lowest BCUT2D eigenvalue weighted by atomic mass is 10.1. The summed E-state index contributed by atoms with van der Waals surface area (Å²) in [5.41, 5.74) is 4.43. The van der Waals surface area contributed by atoms with Gasteiger partial charge in [-0.15, -0.1) is 15.3 Å². The second-order valence-electron chi connectivity index (χ2n) is 9.79. The fourth-order valence-corrected chi connectivity index (χ4v) is 6.72. The van der Waals surface area contributed by atoms with E-state index < -0.39 is 72.3 Å². The predicted octanol–water partition coefficient (Wildman–Crippen LogP) is 5.10. The van der Waals surface area contributed by atoms with Crippen molar-refractivity contribution < 1.29 is 57.0 Å². The molecule has 250 valence electrons. The molecule has 5 aromatic rings. The Labute approximate surface area is 270 Å². The van der Waals surface area contributed by atoms with Crippen LogP contribution in [0.15, 0.2) is 113 Å². The van der Waals surface area contributed by atoms with Crippen molar-refractivity contribution in [2.75, 3.05) is 5.73 Å². The number of phenolic OH excluding ortho intramolecular Hbond substituents is 1. The SMILES string of the molecule is Nc1cc2c(O)c(N=Nc3ccc(N=Nc4ccc(S(=O)(=O)O)cc4)c4ccc(S(=O)(=O)O)cc34)c(S(=O)(=O)O)cc2cc1S(=O)(=O)O. The van der Waals surface area contributed by atoms with Gasteiger partial charge in [0, 0.05) is 16.2 Å². The van der Waals surface area contributed by atoms with Crippen LogP contribution in [-0.4, -0.2) is 57.0 Å². The molecule has 0 aliphatic carbocycles. The van der Waals surface area contributed by atoms with Gasteiger partial charge in [0.15, 0.2) is 5.75 Å². The number of fused-ring (bicyclic) bond motifs is 2. The Morgan fingerprint density at radius 3 is 1.58 bits per heavy atom. The fraction of sp³-hybridized carbons (Fsp3) is 0. The standard InChI is InChI=1S/C26H19N5O13S4/c27-20-12-18-13(9-23(20)47(39,40)41)10-24(48(42,43)44)25(26(18)32)31-30-22-8-7-21(17-6-5-16(11-19(17)22)46(36,37)38)29-28-14-1-3-15(4-2-14)45(33,34)35/h1-12,32H,27H2,(H,33,34,35)(H,36,37,38)(H,39,40,41)(H,42,43,44). The van der Waals surface area contributed by atoms with Crippen molar-refractivity contribution >= 4 is 90.5 Å². The molecule has 0 aliphatic rings. The van der Waals surface area contributed by atoms with Gasteiger partial charge in [-0.05, 0) is 72.1 Å². The Kier molecular flexibility index (Phi) is 8.56. The first kappa shape index (κ1) is 34.4. The van der Waals surface area contributed by atoms with Crippen molar-refractivity contribution in [2.24, 2.45) is 20.5 Å². The second-order valence-corrected chi connectivity index (χ2v) is 15.4. The fourth-order valence-electron chi connectivity index (χ4n) is 4.44. The molecule has 0 saturated carbocycles. The predicted molar refractivity (Wildman–Crippen MR) is 168 cm³/mol. The minimum absolute atomic E-state index is 0.0391. The Morgan fingerprint density at radius 1 is 0.500 bits per heavy atom. The molecule has 0 aliphatic heterocycles. The molecule has 0 atom stereocenters. The maximum absolute atomic E-state index is 12.3. The number of rotatable bonds is 8. The van der Waals surface area contributed by atoms with Gasteiger partial charge in [0.1, 0.15) is 15.5 Å². The van der Waals surface area contributed by atoms with Gasteiger partial charge in [-0.3, -0.25) is 18.2 Å². The number of hydrogen-bond acceptors (Lipinski definition) is 14.